The van der Waals surface area contributed by atoms with Gasteiger partial charge in [-0.2, -0.15) is 0 Å². The number of hydrogen-bond acceptors (Lipinski definition) is 4. The largest absolute Gasteiger partial charge is 0.397 e. The van der Waals surface area contributed by atoms with Gasteiger partial charge in [0, 0.05) is 19.8 Å². The molecule has 1 aromatic heterocycles. The number of aromatic nitrogens is 1. The molecule has 0 saturated carbocycles. The summed E-state index contributed by atoms with van der Waals surface area (Å²) in [7, 11) is 1.76. The van der Waals surface area contributed by atoms with Crippen LogP contribution in [0.4, 0.5) is 15.8 Å². The fraction of sp³-hybridized carbons (Fsp3) is 0.214. The Bertz CT molecular complexity index is 560. The molecule has 2 aromatic rings. The lowest BCUT2D eigenvalue weighted by Crippen LogP contribution is -2.23. The predicted molar refractivity (Wildman–Crippen MR) is 74.4 cm³/mol. The van der Waals surface area contributed by atoms with E-state index in [4.69, 9.17) is 10.8 Å². The molecule has 3 N–H and O–H groups in total. The van der Waals surface area contributed by atoms with Crippen molar-refractivity contribution in [3.8, 4) is 11.3 Å². The van der Waals surface area contributed by atoms with E-state index in [-0.39, 0.29) is 12.4 Å². The van der Waals surface area contributed by atoms with Crippen molar-refractivity contribution >= 4 is 11.4 Å². The number of aliphatic hydroxyl groups is 1. The Morgan fingerprint density at radius 2 is 2.11 bits per heavy atom. The van der Waals surface area contributed by atoms with E-state index in [0.717, 1.165) is 0 Å². The molecule has 4 nitrogen and oxygen atoms in total. The van der Waals surface area contributed by atoms with Gasteiger partial charge in [0.05, 0.1) is 29.2 Å². The minimum atomic E-state index is -0.382. The van der Waals surface area contributed by atoms with Crippen LogP contribution in [0.1, 0.15) is 0 Å². The molecule has 0 amide bonds. The van der Waals surface area contributed by atoms with Crippen molar-refractivity contribution < 1.29 is 9.50 Å². The van der Waals surface area contributed by atoms with E-state index >= 15 is 0 Å². The van der Waals surface area contributed by atoms with Crippen molar-refractivity contribution in [2.75, 3.05) is 30.8 Å². The number of aliphatic hydroxyl groups excluding tert-OH is 1. The van der Waals surface area contributed by atoms with Crippen LogP contribution in [0.2, 0.25) is 0 Å². The molecule has 0 spiro atoms. The summed E-state index contributed by atoms with van der Waals surface area (Å²) < 4.78 is 14.1. The van der Waals surface area contributed by atoms with Crippen molar-refractivity contribution in [2.45, 2.75) is 0 Å². The maximum Gasteiger partial charge on any atom is 0.134 e. The average molecular weight is 261 g/mol. The smallest absolute Gasteiger partial charge is 0.134 e. The number of nitrogen functional groups attached to an aromatic ring is 1. The van der Waals surface area contributed by atoms with E-state index < -0.39 is 0 Å². The molecule has 0 unspecified atom stereocenters. The molecular formula is C14H16FN3O. The zero-order chi connectivity index (χ0) is 13.8. The summed E-state index contributed by atoms with van der Waals surface area (Å²) >= 11 is 0. The number of hydrogen-bond donors (Lipinski definition) is 2. The molecule has 2 rings (SSSR count). The number of benzene rings is 1. The van der Waals surface area contributed by atoms with E-state index in [2.05, 4.69) is 4.98 Å². The maximum absolute atomic E-state index is 14.1. The van der Waals surface area contributed by atoms with Gasteiger partial charge in [0.1, 0.15) is 5.82 Å². The number of likely N-dealkylation sites (N-methyl/N-ethyl adjacent to an activating group) is 1. The number of pyridine rings is 1. The van der Waals surface area contributed by atoms with Crippen LogP contribution >= 0.6 is 0 Å². The number of halogens is 1. The number of nitrogens with two attached hydrogens (primary N) is 1. The first-order chi connectivity index (χ1) is 9.15. The van der Waals surface area contributed by atoms with Crippen LogP contribution in [0.3, 0.4) is 0 Å². The normalized spacial score (nSPS) is 10.5. The third kappa shape index (κ3) is 2.66. The second kappa shape index (κ2) is 5.67. The van der Waals surface area contributed by atoms with Crippen LogP contribution in [-0.4, -0.2) is 30.3 Å². The zero-order valence-corrected chi connectivity index (χ0v) is 10.7. The van der Waals surface area contributed by atoms with E-state index in [0.29, 0.717) is 29.2 Å². The molecule has 0 bridgehead atoms. The average Bonchev–Trinajstić information content (AvgIpc) is 2.42. The van der Waals surface area contributed by atoms with Gasteiger partial charge < -0.3 is 15.7 Å². The molecule has 100 valence electrons. The Hall–Kier alpha value is -2.14. The highest BCUT2D eigenvalue weighted by atomic mass is 19.1. The van der Waals surface area contributed by atoms with Gasteiger partial charge in [0.25, 0.3) is 0 Å². The minimum absolute atomic E-state index is 0.0336. The number of rotatable bonds is 4. The summed E-state index contributed by atoms with van der Waals surface area (Å²) in [5.74, 6) is -0.382. The molecule has 1 heterocycles. The highest BCUT2D eigenvalue weighted by molar-refractivity contribution is 5.85. The van der Waals surface area contributed by atoms with Gasteiger partial charge >= 0.3 is 0 Å². The van der Waals surface area contributed by atoms with Crippen molar-refractivity contribution in [3.63, 3.8) is 0 Å². The molecule has 0 aliphatic rings. The van der Waals surface area contributed by atoms with Gasteiger partial charge in [-0.1, -0.05) is 6.07 Å². The van der Waals surface area contributed by atoms with Crippen LogP contribution in [0.25, 0.3) is 11.3 Å². The lowest BCUT2D eigenvalue weighted by atomic mass is 10.1. The first kappa shape index (κ1) is 13.3. The molecule has 0 radical (unpaired) electrons. The van der Waals surface area contributed by atoms with E-state index in [1.807, 2.05) is 0 Å². The topological polar surface area (TPSA) is 62.4 Å². The molecule has 19 heavy (non-hydrogen) atoms. The van der Waals surface area contributed by atoms with Crippen molar-refractivity contribution in [1.29, 1.82) is 0 Å². The molecule has 0 atom stereocenters. The number of anilines is 2. The first-order valence-corrected chi connectivity index (χ1v) is 5.96. The predicted octanol–water partition coefficient (Wildman–Crippen LogP) is 1.90. The lowest BCUT2D eigenvalue weighted by molar-refractivity contribution is 0.304. The molecule has 0 saturated heterocycles. The van der Waals surface area contributed by atoms with Gasteiger partial charge in [-0.3, -0.25) is 4.98 Å². The van der Waals surface area contributed by atoms with Crippen LogP contribution < -0.4 is 10.6 Å². The SMILES string of the molecule is CN(CCO)c1c(N)ccc(F)c1-c1ccccn1. The highest BCUT2D eigenvalue weighted by Gasteiger charge is 2.17. The van der Waals surface area contributed by atoms with Gasteiger partial charge in [-0.25, -0.2) is 4.39 Å². The Balaban J connectivity index is 2.61. The summed E-state index contributed by atoms with van der Waals surface area (Å²) in [5, 5.41) is 9.03. The van der Waals surface area contributed by atoms with E-state index in [1.54, 1.807) is 36.3 Å². The summed E-state index contributed by atoms with van der Waals surface area (Å²) in [6.45, 7) is 0.335. The minimum Gasteiger partial charge on any atom is -0.397 e. The van der Waals surface area contributed by atoms with Gasteiger partial charge in [-0.15, -0.1) is 0 Å². The highest BCUT2D eigenvalue weighted by Crippen LogP contribution is 2.36. The van der Waals surface area contributed by atoms with Crippen LogP contribution in [0, 0.1) is 5.82 Å². The molecule has 1 aromatic carbocycles. The number of nitrogens with zero attached hydrogens (tertiary/aromatic N) is 2. The molecular weight excluding hydrogens is 245 g/mol. The fourth-order valence-electron chi connectivity index (χ4n) is 2.01. The Morgan fingerprint density at radius 3 is 2.74 bits per heavy atom. The van der Waals surface area contributed by atoms with Gasteiger partial charge in [0.2, 0.25) is 0 Å². The van der Waals surface area contributed by atoms with Crippen molar-refractivity contribution in [2.24, 2.45) is 0 Å². The monoisotopic (exact) mass is 261 g/mol. The Labute approximate surface area is 111 Å². The van der Waals surface area contributed by atoms with Crippen LogP contribution in [0.5, 0.6) is 0 Å². The second-order valence-electron chi connectivity index (χ2n) is 4.22. The second-order valence-corrected chi connectivity index (χ2v) is 4.22. The van der Waals surface area contributed by atoms with Crippen LogP contribution in [-0.2, 0) is 0 Å². The quantitative estimate of drug-likeness (QED) is 0.825. The first-order valence-electron chi connectivity index (χ1n) is 5.96. The fourth-order valence-corrected chi connectivity index (χ4v) is 2.01. The Morgan fingerprint density at radius 1 is 1.32 bits per heavy atom. The molecule has 5 heteroatoms. The third-order valence-electron chi connectivity index (χ3n) is 2.90. The van der Waals surface area contributed by atoms with Gasteiger partial charge in [0.15, 0.2) is 0 Å². The third-order valence-corrected chi connectivity index (χ3v) is 2.90. The van der Waals surface area contributed by atoms with E-state index in [1.165, 1.54) is 12.1 Å². The van der Waals surface area contributed by atoms with Gasteiger partial charge in [-0.05, 0) is 24.3 Å². The lowest BCUT2D eigenvalue weighted by Gasteiger charge is -2.23. The standard InChI is InChI=1S/C14H16FN3O/c1-18(8-9-19)14-11(16)6-5-10(15)13(14)12-4-2-3-7-17-12/h2-7,19H,8-9,16H2,1H3. The van der Waals surface area contributed by atoms with Crippen molar-refractivity contribution in [3.05, 3.63) is 42.3 Å². The summed E-state index contributed by atoms with van der Waals surface area (Å²) in [6, 6.07) is 8.14. The maximum atomic E-state index is 14.1. The molecule has 0 aliphatic carbocycles. The molecule has 0 fully saturated rings. The molecule has 0 aliphatic heterocycles. The van der Waals surface area contributed by atoms with E-state index in [9.17, 15) is 4.39 Å². The van der Waals surface area contributed by atoms with Crippen LogP contribution in [0.15, 0.2) is 36.5 Å². The summed E-state index contributed by atoms with van der Waals surface area (Å²) in [6.07, 6.45) is 1.60. The Kier molecular flexibility index (Phi) is 3.97. The van der Waals surface area contributed by atoms with Crippen molar-refractivity contribution in [1.82, 2.24) is 4.98 Å². The summed E-state index contributed by atoms with van der Waals surface area (Å²) in [5.41, 5.74) is 7.82. The zero-order valence-electron chi connectivity index (χ0n) is 10.7. The summed E-state index contributed by atoms with van der Waals surface area (Å²) in [4.78, 5) is 5.89.